The summed E-state index contributed by atoms with van der Waals surface area (Å²) in [5.41, 5.74) is 6.05. The number of nitrogens with one attached hydrogen (secondary N) is 1. The number of hydrogen-bond acceptors (Lipinski definition) is 5. The number of aromatic nitrogens is 3. The van der Waals surface area contributed by atoms with Crippen molar-refractivity contribution in [1.29, 1.82) is 0 Å². The average Bonchev–Trinajstić information content (AvgIpc) is 3.17. The molecule has 2 aliphatic rings. The summed E-state index contributed by atoms with van der Waals surface area (Å²) in [6.07, 6.45) is 1.32. The number of aryl methyl sites for hydroxylation is 2. The van der Waals surface area contributed by atoms with Crippen molar-refractivity contribution < 1.29 is 9.53 Å². The number of benzene rings is 2. The third-order valence-electron chi connectivity index (χ3n) is 6.53. The first-order chi connectivity index (χ1) is 15.3. The second-order valence-corrected chi connectivity index (χ2v) is 9.64. The summed E-state index contributed by atoms with van der Waals surface area (Å²) in [7, 11) is 1.65. The highest BCUT2D eigenvalue weighted by Gasteiger charge is 2.41. The van der Waals surface area contributed by atoms with Crippen LogP contribution < -0.4 is 10.1 Å². The van der Waals surface area contributed by atoms with Gasteiger partial charge in [0.15, 0.2) is 11.6 Å². The summed E-state index contributed by atoms with van der Waals surface area (Å²) < 4.78 is 7.20. The first-order valence-corrected chi connectivity index (χ1v) is 11.0. The van der Waals surface area contributed by atoms with Gasteiger partial charge in [0.25, 0.3) is 0 Å². The molecule has 0 spiro atoms. The molecule has 2 heterocycles. The lowest BCUT2D eigenvalue weighted by Gasteiger charge is -2.38. The quantitative estimate of drug-likeness (QED) is 0.619. The number of rotatable bonds is 3. The van der Waals surface area contributed by atoms with E-state index in [4.69, 9.17) is 14.8 Å². The molecule has 1 aromatic heterocycles. The Hall–Kier alpha value is -3.41. The summed E-state index contributed by atoms with van der Waals surface area (Å²) >= 11 is 0. The van der Waals surface area contributed by atoms with Crippen LogP contribution in [0, 0.1) is 19.3 Å². The van der Waals surface area contributed by atoms with Crippen LogP contribution in [-0.4, -0.2) is 27.7 Å². The van der Waals surface area contributed by atoms with E-state index in [1.54, 1.807) is 7.11 Å². The lowest BCUT2D eigenvalue weighted by atomic mass is 9.73. The van der Waals surface area contributed by atoms with Gasteiger partial charge in [-0.3, -0.25) is 4.79 Å². The van der Waals surface area contributed by atoms with E-state index >= 15 is 0 Å². The molecule has 1 aliphatic carbocycles. The van der Waals surface area contributed by atoms with Crippen LogP contribution in [0.2, 0.25) is 0 Å². The molecule has 6 heteroatoms. The summed E-state index contributed by atoms with van der Waals surface area (Å²) in [6.45, 7) is 8.46. The molecule has 1 N–H and O–H groups in total. The number of hydrogen-bond donors (Lipinski definition) is 1. The number of ketones is 1. The molecule has 0 saturated heterocycles. The van der Waals surface area contributed by atoms with Crippen LogP contribution in [0.25, 0.3) is 11.4 Å². The number of carbonyl (C=O) groups is 1. The van der Waals surface area contributed by atoms with Crippen LogP contribution in [0.15, 0.2) is 53.7 Å². The van der Waals surface area contributed by atoms with Crippen molar-refractivity contribution in [2.45, 2.75) is 46.6 Å². The highest BCUT2D eigenvalue weighted by atomic mass is 16.5. The molecular weight excluding hydrogens is 400 g/mol. The Morgan fingerprint density at radius 2 is 1.81 bits per heavy atom. The minimum atomic E-state index is -0.316. The average molecular weight is 429 g/mol. The summed E-state index contributed by atoms with van der Waals surface area (Å²) in [6, 6.07) is 13.8. The normalized spacial score (nSPS) is 19.3. The van der Waals surface area contributed by atoms with Crippen molar-refractivity contribution in [2.75, 3.05) is 12.4 Å². The van der Waals surface area contributed by atoms with Crippen molar-refractivity contribution >= 4 is 11.7 Å². The second kappa shape index (κ2) is 7.33. The Kier molecular flexibility index (Phi) is 4.69. The smallest absolute Gasteiger partial charge is 0.226 e. The fourth-order valence-electron chi connectivity index (χ4n) is 4.71. The molecular formula is C26H28N4O2. The molecule has 164 valence electrons. The maximum absolute atomic E-state index is 13.3. The maximum Gasteiger partial charge on any atom is 0.226 e. The third kappa shape index (κ3) is 3.40. The zero-order valence-corrected chi connectivity index (χ0v) is 19.2. The SMILES string of the molecule is COc1ccc(C2C3=C(CC(C)(C)CC3=O)Nc3nc(-c4ccc(C)c(C)c4)nn32)cc1. The molecule has 5 rings (SSSR count). The maximum atomic E-state index is 13.3. The van der Waals surface area contributed by atoms with Gasteiger partial charge in [-0.15, -0.1) is 5.10 Å². The fourth-order valence-corrected chi connectivity index (χ4v) is 4.71. The van der Waals surface area contributed by atoms with E-state index in [1.807, 2.05) is 35.0 Å². The number of allylic oxidation sites excluding steroid dienone is 2. The molecule has 0 bridgehead atoms. The molecule has 1 atom stereocenters. The van der Waals surface area contributed by atoms with E-state index in [0.717, 1.165) is 34.6 Å². The highest BCUT2D eigenvalue weighted by molar-refractivity contribution is 6.00. The van der Waals surface area contributed by atoms with Crippen molar-refractivity contribution in [1.82, 2.24) is 14.8 Å². The monoisotopic (exact) mass is 428 g/mol. The Balaban J connectivity index is 1.66. The van der Waals surface area contributed by atoms with Gasteiger partial charge in [-0.05, 0) is 60.6 Å². The largest absolute Gasteiger partial charge is 0.497 e. The Labute approximate surface area is 188 Å². The molecule has 32 heavy (non-hydrogen) atoms. The highest BCUT2D eigenvalue weighted by Crippen LogP contribution is 2.45. The van der Waals surface area contributed by atoms with Crippen LogP contribution in [-0.2, 0) is 4.79 Å². The minimum absolute atomic E-state index is 0.0908. The van der Waals surface area contributed by atoms with E-state index in [0.29, 0.717) is 18.2 Å². The number of nitrogens with zero attached hydrogens (tertiary/aromatic N) is 3. The molecule has 2 aromatic carbocycles. The van der Waals surface area contributed by atoms with Gasteiger partial charge in [-0.1, -0.05) is 38.1 Å². The van der Waals surface area contributed by atoms with Crippen molar-refractivity contribution in [3.8, 4) is 17.1 Å². The first kappa shape index (κ1) is 20.5. The number of fused-ring (bicyclic) bond motifs is 1. The third-order valence-corrected chi connectivity index (χ3v) is 6.53. The number of anilines is 1. The Morgan fingerprint density at radius 3 is 2.50 bits per heavy atom. The van der Waals surface area contributed by atoms with E-state index in [1.165, 1.54) is 11.1 Å². The van der Waals surface area contributed by atoms with E-state index in [2.05, 4.69) is 45.1 Å². The van der Waals surface area contributed by atoms with Gasteiger partial charge in [-0.25, -0.2) is 4.68 Å². The first-order valence-electron chi connectivity index (χ1n) is 11.0. The summed E-state index contributed by atoms with van der Waals surface area (Å²) in [4.78, 5) is 18.2. The van der Waals surface area contributed by atoms with Crippen LogP contribution in [0.5, 0.6) is 5.75 Å². The zero-order valence-electron chi connectivity index (χ0n) is 19.2. The topological polar surface area (TPSA) is 69.0 Å². The van der Waals surface area contributed by atoms with Crippen molar-refractivity contribution in [3.63, 3.8) is 0 Å². The number of carbonyl (C=O) groups excluding carboxylic acids is 1. The Morgan fingerprint density at radius 1 is 1.06 bits per heavy atom. The molecule has 0 amide bonds. The Bertz CT molecular complexity index is 1250. The van der Waals surface area contributed by atoms with Crippen LogP contribution in [0.4, 0.5) is 5.95 Å². The zero-order chi connectivity index (χ0) is 22.6. The van der Waals surface area contributed by atoms with E-state index in [9.17, 15) is 4.79 Å². The van der Waals surface area contributed by atoms with E-state index in [-0.39, 0.29) is 17.2 Å². The van der Waals surface area contributed by atoms with Gasteiger partial charge in [0.2, 0.25) is 5.95 Å². The number of methoxy groups -OCH3 is 1. The van der Waals surface area contributed by atoms with Gasteiger partial charge >= 0.3 is 0 Å². The summed E-state index contributed by atoms with van der Waals surface area (Å²) in [5.74, 6) is 2.27. The molecule has 0 saturated carbocycles. The lowest BCUT2D eigenvalue weighted by Crippen LogP contribution is -2.36. The fraction of sp³-hybridized carbons (Fsp3) is 0.346. The van der Waals surface area contributed by atoms with Crippen LogP contribution in [0.3, 0.4) is 0 Å². The molecule has 1 unspecified atom stereocenters. The predicted octanol–water partition coefficient (Wildman–Crippen LogP) is 5.23. The number of Topliss-reactive ketones (excluding diaryl/α,β-unsaturated/α-hetero) is 1. The molecule has 3 aromatic rings. The van der Waals surface area contributed by atoms with Gasteiger partial charge in [0.05, 0.1) is 7.11 Å². The molecule has 1 aliphatic heterocycles. The van der Waals surface area contributed by atoms with Crippen molar-refractivity contribution in [2.24, 2.45) is 5.41 Å². The standard InChI is InChI=1S/C26H28N4O2/c1-15-6-7-18(12-16(15)2)24-28-25-27-20-13-26(3,4)14-21(31)22(20)23(30(25)29-24)17-8-10-19(32-5)11-9-17/h6-12,23H,13-14H2,1-5H3,(H,27,28,29). The lowest BCUT2D eigenvalue weighted by molar-refractivity contribution is -0.118. The minimum Gasteiger partial charge on any atom is -0.497 e. The molecule has 6 nitrogen and oxygen atoms in total. The van der Waals surface area contributed by atoms with Gasteiger partial charge in [-0.2, -0.15) is 4.98 Å². The van der Waals surface area contributed by atoms with Gasteiger partial charge < -0.3 is 10.1 Å². The predicted molar refractivity (Wildman–Crippen MR) is 125 cm³/mol. The van der Waals surface area contributed by atoms with Crippen LogP contribution in [0.1, 0.15) is 49.4 Å². The van der Waals surface area contributed by atoms with E-state index < -0.39 is 0 Å². The molecule has 0 radical (unpaired) electrons. The number of ether oxygens (including phenoxy) is 1. The van der Waals surface area contributed by atoms with Crippen LogP contribution >= 0.6 is 0 Å². The summed E-state index contributed by atoms with van der Waals surface area (Å²) in [5, 5.41) is 8.33. The van der Waals surface area contributed by atoms with Crippen molar-refractivity contribution in [3.05, 3.63) is 70.4 Å². The van der Waals surface area contributed by atoms with Gasteiger partial charge in [0.1, 0.15) is 11.8 Å². The van der Waals surface area contributed by atoms with Gasteiger partial charge in [0, 0.05) is 23.3 Å². The molecule has 0 fully saturated rings. The second-order valence-electron chi connectivity index (χ2n) is 9.64.